The number of amides is 1. The van der Waals surface area contributed by atoms with Gasteiger partial charge < -0.3 is 15.5 Å². The van der Waals surface area contributed by atoms with Crippen molar-refractivity contribution in [2.75, 3.05) is 13.2 Å². The fraction of sp³-hybridized carbons (Fsp3) is 0.423. The fourth-order valence-corrected chi connectivity index (χ4v) is 5.26. The number of aromatic nitrogens is 1. The van der Waals surface area contributed by atoms with Gasteiger partial charge in [-0.3, -0.25) is 9.69 Å². The van der Waals surface area contributed by atoms with Crippen molar-refractivity contribution >= 4 is 16.8 Å². The molecule has 32 heavy (non-hydrogen) atoms. The first-order valence-electron chi connectivity index (χ1n) is 11.6. The topological polar surface area (TPSA) is 71.4 Å². The minimum Gasteiger partial charge on any atom is -0.491 e. The smallest absolute Gasteiger partial charge is 0.249 e. The standard InChI is InChI=1S/C26H30FN3O2/c1-16-7-9-21(26(28)31)23-13-20(15-32-25(16)23)30(19-5-2-6-19)11-3-4-17-14-29-24-10-8-18(27)12-22(17)24/h7-10,12,14,19-20,29H,2-6,11,13,15H2,1H3,(H2,28,31). The Labute approximate surface area is 187 Å². The molecule has 1 saturated carbocycles. The number of fused-ring (bicyclic) bond motifs is 2. The van der Waals surface area contributed by atoms with Gasteiger partial charge in [-0.15, -0.1) is 0 Å². The molecule has 1 aromatic heterocycles. The number of nitrogens with two attached hydrogens (primary N) is 1. The number of carbonyl (C=O) groups is 1. The summed E-state index contributed by atoms with van der Waals surface area (Å²) < 4.78 is 19.9. The molecule has 1 fully saturated rings. The molecule has 5 nitrogen and oxygen atoms in total. The van der Waals surface area contributed by atoms with Crippen LogP contribution in [0.25, 0.3) is 10.9 Å². The first-order chi connectivity index (χ1) is 15.5. The maximum Gasteiger partial charge on any atom is 0.249 e. The average molecular weight is 436 g/mol. The summed E-state index contributed by atoms with van der Waals surface area (Å²) in [6.45, 7) is 3.59. The Kier molecular flexibility index (Phi) is 5.64. The molecule has 168 valence electrons. The molecule has 1 aliphatic heterocycles. The monoisotopic (exact) mass is 435 g/mol. The van der Waals surface area contributed by atoms with Gasteiger partial charge in [-0.1, -0.05) is 12.5 Å². The van der Waals surface area contributed by atoms with Crippen LogP contribution in [0.1, 0.15) is 52.7 Å². The zero-order chi connectivity index (χ0) is 22.2. The van der Waals surface area contributed by atoms with Crippen LogP contribution in [0, 0.1) is 12.7 Å². The summed E-state index contributed by atoms with van der Waals surface area (Å²) in [7, 11) is 0. The molecule has 0 radical (unpaired) electrons. The predicted molar refractivity (Wildman–Crippen MR) is 124 cm³/mol. The summed E-state index contributed by atoms with van der Waals surface area (Å²) in [4.78, 5) is 17.8. The second-order valence-corrected chi connectivity index (χ2v) is 9.20. The SMILES string of the molecule is Cc1ccc(C(N)=O)c2c1OCC(N(CCCc1c[nH]c3ccc(F)cc13)C1CCC1)C2. The lowest BCUT2D eigenvalue weighted by molar-refractivity contribution is 0.0432. The Hall–Kier alpha value is -2.86. The zero-order valence-corrected chi connectivity index (χ0v) is 18.5. The van der Waals surface area contributed by atoms with Gasteiger partial charge in [-0.25, -0.2) is 4.39 Å². The molecular formula is C26H30FN3O2. The van der Waals surface area contributed by atoms with E-state index in [0.29, 0.717) is 18.2 Å². The minimum atomic E-state index is -0.396. The van der Waals surface area contributed by atoms with Crippen LogP contribution >= 0.6 is 0 Å². The van der Waals surface area contributed by atoms with Gasteiger partial charge in [0.15, 0.2) is 0 Å². The average Bonchev–Trinajstić information content (AvgIpc) is 3.13. The molecule has 2 aromatic carbocycles. The number of ether oxygens (including phenoxy) is 1. The lowest BCUT2D eigenvalue weighted by atomic mass is 9.87. The number of nitrogens with one attached hydrogen (secondary N) is 1. The van der Waals surface area contributed by atoms with E-state index in [4.69, 9.17) is 10.5 Å². The van der Waals surface area contributed by atoms with E-state index in [1.54, 1.807) is 12.1 Å². The van der Waals surface area contributed by atoms with Crippen LogP contribution in [0.3, 0.4) is 0 Å². The van der Waals surface area contributed by atoms with Crippen LogP contribution in [0.5, 0.6) is 5.75 Å². The number of benzene rings is 2. The minimum absolute atomic E-state index is 0.201. The number of nitrogens with zero attached hydrogens (tertiary/aromatic N) is 1. The van der Waals surface area contributed by atoms with E-state index in [9.17, 15) is 9.18 Å². The van der Waals surface area contributed by atoms with Gasteiger partial charge in [-0.2, -0.15) is 0 Å². The molecule has 2 aliphatic rings. The molecule has 2 heterocycles. The van der Waals surface area contributed by atoms with Gasteiger partial charge in [0, 0.05) is 40.3 Å². The number of primary amides is 1. The van der Waals surface area contributed by atoms with Crippen molar-refractivity contribution < 1.29 is 13.9 Å². The summed E-state index contributed by atoms with van der Waals surface area (Å²) >= 11 is 0. The zero-order valence-electron chi connectivity index (χ0n) is 18.5. The number of hydrogen-bond donors (Lipinski definition) is 2. The first kappa shape index (κ1) is 21.0. The molecule has 3 aromatic rings. The van der Waals surface area contributed by atoms with Crippen LogP contribution in [0.2, 0.25) is 0 Å². The van der Waals surface area contributed by atoms with Crippen molar-refractivity contribution in [3.8, 4) is 5.75 Å². The second-order valence-electron chi connectivity index (χ2n) is 9.20. The van der Waals surface area contributed by atoms with Crippen LogP contribution in [-0.4, -0.2) is 41.0 Å². The Morgan fingerprint density at radius 1 is 1.25 bits per heavy atom. The Balaban J connectivity index is 1.32. The molecule has 6 heteroatoms. The Morgan fingerprint density at radius 2 is 2.09 bits per heavy atom. The molecule has 1 amide bonds. The third kappa shape index (κ3) is 3.88. The van der Waals surface area contributed by atoms with E-state index in [1.807, 2.05) is 25.3 Å². The van der Waals surface area contributed by atoms with Crippen LogP contribution in [0.4, 0.5) is 4.39 Å². The number of aromatic amines is 1. The Morgan fingerprint density at radius 3 is 2.84 bits per heavy atom. The molecule has 0 saturated heterocycles. The fourth-order valence-electron chi connectivity index (χ4n) is 5.26. The normalized spacial score (nSPS) is 18.4. The van der Waals surface area contributed by atoms with E-state index in [-0.39, 0.29) is 11.9 Å². The highest BCUT2D eigenvalue weighted by molar-refractivity contribution is 5.95. The van der Waals surface area contributed by atoms with Gasteiger partial charge in [0.1, 0.15) is 18.2 Å². The number of hydrogen-bond acceptors (Lipinski definition) is 3. The largest absolute Gasteiger partial charge is 0.491 e. The molecule has 1 unspecified atom stereocenters. The summed E-state index contributed by atoms with van der Waals surface area (Å²) in [6, 6.07) is 9.43. The maximum atomic E-state index is 13.7. The summed E-state index contributed by atoms with van der Waals surface area (Å²) in [5, 5.41) is 0.969. The molecule has 1 aliphatic carbocycles. The quantitative estimate of drug-likeness (QED) is 0.574. The highest BCUT2D eigenvalue weighted by atomic mass is 19.1. The lowest BCUT2D eigenvalue weighted by Gasteiger charge is -2.44. The highest BCUT2D eigenvalue weighted by Crippen LogP contribution is 2.36. The molecule has 0 spiro atoms. The van der Waals surface area contributed by atoms with Crippen molar-refractivity contribution in [3.63, 3.8) is 0 Å². The van der Waals surface area contributed by atoms with Crippen LogP contribution in [-0.2, 0) is 12.8 Å². The van der Waals surface area contributed by atoms with Gasteiger partial charge in [0.2, 0.25) is 5.91 Å². The van der Waals surface area contributed by atoms with E-state index in [0.717, 1.165) is 59.2 Å². The van der Waals surface area contributed by atoms with Crippen molar-refractivity contribution in [1.29, 1.82) is 0 Å². The van der Waals surface area contributed by atoms with Crippen LogP contribution < -0.4 is 10.5 Å². The molecular weight excluding hydrogens is 405 g/mol. The van der Waals surface area contributed by atoms with E-state index in [2.05, 4.69) is 9.88 Å². The lowest BCUT2D eigenvalue weighted by Crippen LogP contribution is -2.51. The number of rotatable bonds is 7. The summed E-state index contributed by atoms with van der Waals surface area (Å²) in [6.07, 6.45) is 8.33. The first-order valence-corrected chi connectivity index (χ1v) is 11.6. The Bertz CT molecular complexity index is 1150. The molecule has 0 bridgehead atoms. The van der Waals surface area contributed by atoms with Crippen molar-refractivity contribution in [2.24, 2.45) is 5.73 Å². The number of H-pyrrole nitrogens is 1. The highest BCUT2D eigenvalue weighted by Gasteiger charge is 2.34. The maximum absolute atomic E-state index is 13.7. The van der Waals surface area contributed by atoms with Crippen LogP contribution in [0.15, 0.2) is 36.5 Å². The van der Waals surface area contributed by atoms with Crippen molar-refractivity contribution in [3.05, 3.63) is 64.6 Å². The van der Waals surface area contributed by atoms with E-state index in [1.165, 1.54) is 25.3 Å². The predicted octanol–water partition coefficient (Wildman–Crippen LogP) is 4.51. The number of halogens is 1. The van der Waals surface area contributed by atoms with Crippen molar-refractivity contribution in [1.82, 2.24) is 9.88 Å². The van der Waals surface area contributed by atoms with Gasteiger partial charge in [0.25, 0.3) is 0 Å². The summed E-state index contributed by atoms with van der Waals surface area (Å²) in [5.74, 6) is 0.229. The number of carbonyl (C=O) groups excluding carboxylic acids is 1. The third-order valence-corrected chi connectivity index (χ3v) is 7.19. The third-order valence-electron chi connectivity index (χ3n) is 7.19. The molecule has 3 N–H and O–H groups in total. The van der Waals surface area contributed by atoms with Gasteiger partial charge in [-0.05, 0) is 81.0 Å². The number of aryl methyl sites for hydroxylation is 2. The summed E-state index contributed by atoms with van der Waals surface area (Å²) in [5.41, 5.74) is 10.4. The molecule has 1 atom stereocenters. The van der Waals surface area contributed by atoms with Gasteiger partial charge in [0.05, 0.1) is 0 Å². The van der Waals surface area contributed by atoms with E-state index >= 15 is 0 Å². The second kappa shape index (κ2) is 8.58. The van der Waals surface area contributed by atoms with E-state index < -0.39 is 5.91 Å². The molecule has 5 rings (SSSR count). The van der Waals surface area contributed by atoms with Gasteiger partial charge >= 0.3 is 0 Å². The van der Waals surface area contributed by atoms with Crippen molar-refractivity contribution in [2.45, 2.75) is 57.5 Å².